The van der Waals surface area contributed by atoms with E-state index in [1.165, 1.54) is 88.3 Å². The highest BCUT2D eigenvalue weighted by Crippen LogP contribution is 2.57. The van der Waals surface area contributed by atoms with Gasteiger partial charge in [-0.3, -0.25) is 0 Å². The highest BCUT2D eigenvalue weighted by molar-refractivity contribution is 6.00. The van der Waals surface area contributed by atoms with E-state index in [4.69, 9.17) is 0 Å². The van der Waals surface area contributed by atoms with Gasteiger partial charge in [0.05, 0.1) is 5.41 Å². The summed E-state index contributed by atoms with van der Waals surface area (Å²) in [5.74, 6) is 0. The summed E-state index contributed by atoms with van der Waals surface area (Å²) in [6.07, 6.45) is 0. The van der Waals surface area contributed by atoms with Crippen LogP contribution in [0.4, 0.5) is 17.1 Å². The first-order valence-electron chi connectivity index (χ1n) is 20.2. The van der Waals surface area contributed by atoms with Gasteiger partial charge >= 0.3 is 0 Å². The highest BCUT2D eigenvalue weighted by Gasteiger charge is 2.46. The van der Waals surface area contributed by atoms with Crippen molar-refractivity contribution in [3.05, 3.63) is 233 Å². The molecule has 0 amide bonds. The van der Waals surface area contributed by atoms with Gasteiger partial charge in [0.25, 0.3) is 0 Å². The number of benzene rings is 9. The number of rotatable bonds is 5. The number of aryl methyl sites for hydroxylation is 2. The van der Waals surface area contributed by atoms with Crippen molar-refractivity contribution in [2.75, 3.05) is 4.90 Å². The summed E-state index contributed by atoms with van der Waals surface area (Å²) in [7, 11) is 0. The molecular formula is C56H43N. The average Bonchev–Trinajstić information content (AvgIpc) is 3.64. The van der Waals surface area contributed by atoms with Gasteiger partial charge in [0.1, 0.15) is 0 Å². The third-order valence-electron chi connectivity index (χ3n) is 12.9. The molecule has 0 N–H and O–H groups in total. The van der Waals surface area contributed by atoms with Crippen LogP contribution in [0.1, 0.15) is 58.4 Å². The molecule has 9 aromatic carbocycles. The predicted molar refractivity (Wildman–Crippen MR) is 240 cm³/mol. The van der Waals surface area contributed by atoms with Gasteiger partial charge in [-0.1, -0.05) is 141 Å². The summed E-state index contributed by atoms with van der Waals surface area (Å²) < 4.78 is 0. The van der Waals surface area contributed by atoms with Gasteiger partial charge in [-0.15, -0.1) is 0 Å². The molecule has 0 spiro atoms. The standard InChI is InChI=1S/C56H43N/c1-36-27-37(2)29-46(28-36)57(44-24-23-40-32-50-49-31-38-15-11-12-16-39(38)33-52(49)55(3,4)53(50)34-41(40)30-44)45-25-26-48-47-21-13-14-22-51(47)56(54(48)35-45,42-17-7-5-8-18-42)43-19-9-6-10-20-43/h5-35H,1-4H3. The Morgan fingerprint density at radius 1 is 0.333 bits per heavy atom. The molecule has 272 valence electrons. The zero-order valence-corrected chi connectivity index (χ0v) is 32.8. The number of anilines is 3. The number of nitrogens with zero attached hydrogens (tertiary/aromatic N) is 1. The van der Waals surface area contributed by atoms with Crippen molar-refractivity contribution < 1.29 is 0 Å². The summed E-state index contributed by atoms with van der Waals surface area (Å²) in [6, 6.07) is 70.8. The molecule has 1 nitrogen and oxygen atoms in total. The smallest absolute Gasteiger partial charge is 0.0714 e. The minimum atomic E-state index is -0.478. The summed E-state index contributed by atoms with van der Waals surface area (Å²) in [5, 5.41) is 5.10. The second-order valence-corrected chi connectivity index (χ2v) is 16.7. The molecule has 0 aromatic heterocycles. The number of hydrogen-bond donors (Lipinski definition) is 0. The Hall–Kier alpha value is -6.70. The van der Waals surface area contributed by atoms with Crippen molar-refractivity contribution in [1.82, 2.24) is 0 Å². The van der Waals surface area contributed by atoms with E-state index < -0.39 is 5.41 Å². The van der Waals surface area contributed by atoms with Crippen LogP contribution < -0.4 is 4.90 Å². The van der Waals surface area contributed by atoms with Crippen LogP contribution in [-0.4, -0.2) is 0 Å². The fraction of sp³-hybridized carbons (Fsp3) is 0.107. The molecule has 0 atom stereocenters. The minimum Gasteiger partial charge on any atom is -0.310 e. The first-order chi connectivity index (χ1) is 27.8. The monoisotopic (exact) mass is 729 g/mol. The molecule has 0 saturated carbocycles. The predicted octanol–water partition coefficient (Wildman–Crippen LogP) is 14.7. The molecule has 9 aromatic rings. The van der Waals surface area contributed by atoms with Crippen LogP contribution in [0.15, 0.2) is 188 Å². The maximum atomic E-state index is 2.48. The molecule has 0 heterocycles. The van der Waals surface area contributed by atoms with Crippen LogP contribution in [0, 0.1) is 13.8 Å². The Kier molecular flexibility index (Phi) is 7.32. The maximum Gasteiger partial charge on any atom is 0.0714 e. The molecule has 2 aliphatic carbocycles. The molecule has 0 bridgehead atoms. The molecule has 0 radical (unpaired) electrons. The van der Waals surface area contributed by atoms with Crippen molar-refractivity contribution in [2.24, 2.45) is 0 Å². The fourth-order valence-corrected chi connectivity index (χ4v) is 10.4. The van der Waals surface area contributed by atoms with Crippen molar-refractivity contribution in [3.8, 4) is 22.3 Å². The van der Waals surface area contributed by atoms with E-state index in [9.17, 15) is 0 Å². The lowest BCUT2D eigenvalue weighted by molar-refractivity contribution is 0.662. The van der Waals surface area contributed by atoms with E-state index >= 15 is 0 Å². The topological polar surface area (TPSA) is 3.24 Å². The van der Waals surface area contributed by atoms with Gasteiger partial charge in [0.2, 0.25) is 0 Å². The van der Waals surface area contributed by atoms with E-state index in [1.807, 2.05) is 0 Å². The molecule has 11 rings (SSSR count). The summed E-state index contributed by atoms with van der Waals surface area (Å²) >= 11 is 0. The Bertz CT molecular complexity index is 3000. The number of hydrogen-bond acceptors (Lipinski definition) is 1. The highest BCUT2D eigenvalue weighted by atomic mass is 15.1. The van der Waals surface area contributed by atoms with Crippen molar-refractivity contribution in [2.45, 2.75) is 38.5 Å². The van der Waals surface area contributed by atoms with Gasteiger partial charge in [0.15, 0.2) is 0 Å². The quantitative estimate of drug-likeness (QED) is 0.170. The van der Waals surface area contributed by atoms with E-state index in [0.29, 0.717) is 0 Å². The van der Waals surface area contributed by atoms with Gasteiger partial charge in [0, 0.05) is 22.5 Å². The Morgan fingerprint density at radius 3 is 1.51 bits per heavy atom. The first kappa shape index (κ1) is 33.6. The molecule has 2 aliphatic rings. The number of fused-ring (bicyclic) bond motifs is 8. The largest absolute Gasteiger partial charge is 0.310 e. The SMILES string of the molecule is Cc1cc(C)cc(N(c2ccc3c(c2)C(c2ccccc2)(c2ccccc2)c2ccccc2-3)c2ccc3cc4c(cc3c2)C(C)(C)c2cc3ccccc3cc2-4)c1. The van der Waals surface area contributed by atoms with Crippen molar-refractivity contribution in [3.63, 3.8) is 0 Å². The lowest BCUT2D eigenvalue weighted by Crippen LogP contribution is -2.28. The molecule has 0 saturated heterocycles. The lowest BCUT2D eigenvalue weighted by atomic mass is 9.67. The second kappa shape index (κ2) is 12.4. The van der Waals surface area contributed by atoms with E-state index in [1.54, 1.807) is 0 Å². The van der Waals surface area contributed by atoms with Crippen LogP contribution >= 0.6 is 0 Å². The Labute approximate surface area is 335 Å². The Morgan fingerprint density at radius 2 is 0.842 bits per heavy atom. The molecular weight excluding hydrogens is 687 g/mol. The van der Waals surface area contributed by atoms with E-state index in [-0.39, 0.29) is 5.41 Å². The van der Waals surface area contributed by atoms with Gasteiger partial charge in [-0.25, -0.2) is 0 Å². The second-order valence-electron chi connectivity index (χ2n) is 16.7. The lowest BCUT2D eigenvalue weighted by Gasteiger charge is -2.35. The zero-order chi connectivity index (χ0) is 38.5. The van der Waals surface area contributed by atoms with Crippen molar-refractivity contribution in [1.29, 1.82) is 0 Å². The van der Waals surface area contributed by atoms with E-state index in [2.05, 4.69) is 221 Å². The van der Waals surface area contributed by atoms with Crippen LogP contribution in [0.5, 0.6) is 0 Å². The van der Waals surface area contributed by atoms with Crippen LogP contribution in [0.25, 0.3) is 43.8 Å². The molecule has 0 aliphatic heterocycles. The average molecular weight is 730 g/mol. The Balaban J connectivity index is 1.13. The van der Waals surface area contributed by atoms with Crippen molar-refractivity contribution >= 4 is 38.6 Å². The minimum absolute atomic E-state index is 0.112. The maximum absolute atomic E-state index is 2.48. The molecule has 57 heavy (non-hydrogen) atoms. The third kappa shape index (κ3) is 4.95. The first-order valence-corrected chi connectivity index (χ1v) is 20.2. The molecule has 0 unspecified atom stereocenters. The normalized spacial score (nSPS) is 14.2. The third-order valence-corrected chi connectivity index (χ3v) is 12.9. The summed E-state index contributed by atoms with van der Waals surface area (Å²) in [6.45, 7) is 9.18. The molecule has 1 heteroatoms. The van der Waals surface area contributed by atoms with Gasteiger partial charge in [-0.2, -0.15) is 0 Å². The van der Waals surface area contributed by atoms with Crippen LogP contribution in [-0.2, 0) is 10.8 Å². The fourth-order valence-electron chi connectivity index (χ4n) is 10.4. The molecule has 0 fully saturated rings. The summed E-state index contributed by atoms with van der Waals surface area (Å²) in [5.41, 5.74) is 18.6. The van der Waals surface area contributed by atoms with Crippen LogP contribution in [0.2, 0.25) is 0 Å². The van der Waals surface area contributed by atoms with Gasteiger partial charge < -0.3 is 4.90 Å². The zero-order valence-electron chi connectivity index (χ0n) is 32.8. The van der Waals surface area contributed by atoms with Crippen LogP contribution in [0.3, 0.4) is 0 Å². The summed E-state index contributed by atoms with van der Waals surface area (Å²) in [4.78, 5) is 2.48. The van der Waals surface area contributed by atoms with Gasteiger partial charge in [-0.05, 0) is 163 Å². The van der Waals surface area contributed by atoms with E-state index in [0.717, 1.165) is 17.1 Å².